The first-order chi connectivity index (χ1) is 8.13. The molecule has 2 N–H and O–H groups in total. The molecule has 0 amide bonds. The van der Waals surface area contributed by atoms with Crippen molar-refractivity contribution in [2.24, 2.45) is 0 Å². The highest BCUT2D eigenvalue weighted by Gasteiger charge is 2.22. The second kappa shape index (κ2) is 4.47. The minimum absolute atomic E-state index is 0.0484. The van der Waals surface area contributed by atoms with Crippen molar-refractivity contribution in [3.63, 3.8) is 0 Å². The van der Waals surface area contributed by atoms with Gasteiger partial charge in [0.15, 0.2) is 0 Å². The molecular formula is C11H9ClN2O3. The molecular weight excluding hydrogens is 244 g/mol. The number of hydrogen-bond acceptors (Lipinski definition) is 5. The standard InChI is InChI=1S/C11H9ClN2O3/c1-16-11(15)9-8(10(13)17-14-9)6-2-4-7(12)5-3-6/h2-5H,13H2,1H3. The number of nitrogens with zero attached hydrogens (tertiary/aromatic N) is 1. The summed E-state index contributed by atoms with van der Waals surface area (Å²) in [4.78, 5) is 11.5. The maximum atomic E-state index is 11.5. The third-order valence-electron chi connectivity index (χ3n) is 2.23. The van der Waals surface area contributed by atoms with Crippen molar-refractivity contribution in [3.05, 3.63) is 35.0 Å². The Bertz CT molecular complexity index is 548. The van der Waals surface area contributed by atoms with Gasteiger partial charge in [0.05, 0.1) is 12.7 Å². The van der Waals surface area contributed by atoms with E-state index in [0.29, 0.717) is 16.1 Å². The van der Waals surface area contributed by atoms with Crippen LogP contribution in [-0.4, -0.2) is 18.2 Å². The van der Waals surface area contributed by atoms with Crippen LogP contribution in [0.5, 0.6) is 0 Å². The Labute approximate surface area is 102 Å². The van der Waals surface area contributed by atoms with E-state index in [-0.39, 0.29) is 11.6 Å². The molecule has 88 valence electrons. The van der Waals surface area contributed by atoms with Crippen LogP contribution in [0.15, 0.2) is 28.8 Å². The Morgan fingerprint density at radius 2 is 2.06 bits per heavy atom. The first-order valence-electron chi connectivity index (χ1n) is 4.73. The molecule has 5 nitrogen and oxygen atoms in total. The number of carbonyl (C=O) groups is 1. The molecule has 6 heteroatoms. The molecule has 0 unspecified atom stereocenters. The Morgan fingerprint density at radius 1 is 1.41 bits per heavy atom. The number of nitrogens with two attached hydrogens (primary N) is 1. The molecule has 17 heavy (non-hydrogen) atoms. The summed E-state index contributed by atoms with van der Waals surface area (Å²) in [6.45, 7) is 0. The zero-order chi connectivity index (χ0) is 12.4. The zero-order valence-electron chi connectivity index (χ0n) is 8.94. The molecule has 0 atom stereocenters. The largest absolute Gasteiger partial charge is 0.464 e. The van der Waals surface area contributed by atoms with Crippen LogP contribution in [0, 0.1) is 0 Å². The SMILES string of the molecule is COC(=O)c1noc(N)c1-c1ccc(Cl)cc1. The van der Waals surface area contributed by atoms with E-state index in [1.165, 1.54) is 7.11 Å². The summed E-state index contributed by atoms with van der Waals surface area (Å²) in [6, 6.07) is 6.81. The van der Waals surface area contributed by atoms with Gasteiger partial charge in [-0.25, -0.2) is 4.79 Å². The van der Waals surface area contributed by atoms with Gasteiger partial charge in [0.2, 0.25) is 11.6 Å². The van der Waals surface area contributed by atoms with Crippen LogP contribution in [0.4, 0.5) is 5.88 Å². The minimum atomic E-state index is -0.601. The number of hydrogen-bond donors (Lipinski definition) is 1. The van der Waals surface area contributed by atoms with E-state index >= 15 is 0 Å². The van der Waals surface area contributed by atoms with Crippen molar-refractivity contribution in [3.8, 4) is 11.1 Å². The molecule has 0 saturated heterocycles. The third kappa shape index (κ3) is 2.09. The quantitative estimate of drug-likeness (QED) is 0.830. The lowest BCUT2D eigenvalue weighted by Crippen LogP contribution is -2.03. The predicted molar refractivity (Wildman–Crippen MR) is 62.7 cm³/mol. The Balaban J connectivity index is 2.54. The third-order valence-corrected chi connectivity index (χ3v) is 2.48. The lowest BCUT2D eigenvalue weighted by molar-refractivity contribution is 0.0590. The number of esters is 1. The fraction of sp³-hybridized carbons (Fsp3) is 0.0909. The highest BCUT2D eigenvalue weighted by atomic mass is 35.5. The smallest absolute Gasteiger partial charge is 0.361 e. The van der Waals surface area contributed by atoms with Gasteiger partial charge in [0.1, 0.15) is 0 Å². The normalized spacial score (nSPS) is 10.2. The summed E-state index contributed by atoms with van der Waals surface area (Å²) >= 11 is 5.78. The molecule has 2 aromatic rings. The van der Waals surface area contributed by atoms with E-state index in [1.54, 1.807) is 24.3 Å². The summed E-state index contributed by atoms with van der Waals surface area (Å²) in [6.07, 6.45) is 0. The van der Waals surface area contributed by atoms with Crippen molar-refractivity contribution < 1.29 is 14.1 Å². The molecule has 0 radical (unpaired) electrons. The monoisotopic (exact) mass is 252 g/mol. The van der Waals surface area contributed by atoms with E-state index in [1.807, 2.05) is 0 Å². The van der Waals surface area contributed by atoms with Gasteiger partial charge in [-0.15, -0.1) is 0 Å². The Hall–Kier alpha value is -2.01. The van der Waals surface area contributed by atoms with Gasteiger partial charge < -0.3 is 15.0 Å². The van der Waals surface area contributed by atoms with Crippen LogP contribution in [0.3, 0.4) is 0 Å². The molecule has 0 aliphatic rings. The topological polar surface area (TPSA) is 78.3 Å². The second-order valence-corrected chi connectivity index (χ2v) is 3.71. The molecule has 0 bridgehead atoms. The number of nitrogen functional groups attached to an aromatic ring is 1. The number of anilines is 1. The highest BCUT2D eigenvalue weighted by Crippen LogP contribution is 2.30. The molecule has 1 heterocycles. The number of methoxy groups -OCH3 is 1. The Kier molecular flexibility index (Phi) is 3.01. The average molecular weight is 253 g/mol. The van der Waals surface area contributed by atoms with E-state index in [2.05, 4.69) is 9.89 Å². The zero-order valence-corrected chi connectivity index (χ0v) is 9.69. The number of benzene rings is 1. The van der Waals surface area contributed by atoms with Crippen LogP contribution in [0.25, 0.3) is 11.1 Å². The van der Waals surface area contributed by atoms with Crippen LogP contribution in [0.1, 0.15) is 10.5 Å². The minimum Gasteiger partial charge on any atom is -0.464 e. The Morgan fingerprint density at radius 3 is 2.65 bits per heavy atom. The molecule has 0 spiro atoms. The number of rotatable bonds is 2. The van der Waals surface area contributed by atoms with Crippen LogP contribution >= 0.6 is 11.6 Å². The van der Waals surface area contributed by atoms with Gasteiger partial charge in [-0.05, 0) is 17.7 Å². The van der Waals surface area contributed by atoms with Gasteiger partial charge in [-0.3, -0.25) is 0 Å². The van der Waals surface area contributed by atoms with Gasteiger partial charge in [0.25, 0.3) is 0 Å². The molecule has 0 fully saturated rings. The lowest BCUT2D eigenvalue weighted by atomic mass is 10.1. The highest BCUT2D eigenvalue weighted by molar-refractivity contribution is 6.30. The first-order valence-corrected chi connectivity index (χ1v) is 5.10. The summed E-state index contributed by atoms with van der Waals surface area (Å²) in [7, 11) is 1.26. The maximum absolute atomic E-state index is 11.5. The number of carbonyl (C=O) groups excluding carboxylic acids is 1. The van der Waals surface area contributed by atoms with E-state index < -0.39 is 5.97 Å². The fourth-order valence-electron chi connectivity index (χ4n) is 1.43. The van der Waals surface area contributed by atoms with Crippen molar-refractivity contribution >= 4 is 23.5 Å². The van der Waals surface area contributed by atoms with Crippen molar-refractivity contribution in [2.45, 2.75) is 0 Å². The molecule has 1 aromatic heterocycles. The van der Waals surface area contributed by atoms with Gasteiger partial charge >= 0.3 is 5.97 Å². The number of halogens is 1. The molecule has 0 aliphatic heterocycles. The van der Waals surface area contributed by atoms with Crippen molar-refractivity contribution in [1.29, 1.82) is 0 Å². The second-order valence-electron chi connectivity index (χ2n) is 3.27. The fourth-order valence-corrected chi connectivity index (χ4v) is 1.56. The summed E-state index contributed by atoms with van der Waals surface area (Å²) < 4.78 is 9.39. The molecule has 0 aliphatic carbocycles. The van der Waals surface area contributed by atoms with E-state index in [4.69, 9.17) is 21.9 Å². The van der Waals surface area contributed by atoms with Gasteiger partial charge in [0, 0.05) is 5.02 Å². The van der Waals surface area contributed by atoms with Crippen LogP contribution in [-0.2, 0) is 4.74 Å². The van der Waals surface area contributed by atoms with Crippen molar-refractivity contribution in [1.82, 2.24) is 5.16 Å². The summed E-state index contributed by atoms with van der Waals surface area (Å²) in [5.74, 6) is -0.539. The molecule has 0 saturated carbocycles. The number of aromatic nitrogens is 1. The van der Waals surface area contributed by atoms with Gasteiger partial charge in [-0.1, -0.05) is 28.9 Å². The first kappa shape index (κ1) is 11.5. The average Bonchev–Trinajstić information content (AvgIpc) is 2.71. The number of ether oxygens (including phenoxy) is 1. The van der Waals surface area contributed by atoms with E-state index in [0.717, 1.165) is 0 Å². The summed E-state index contributed by atoms with van der Waals surface area (Å²) in [5, 5.41) is 4.16. The molecule has 2 rings (SSSR count). The van der Waals surface area contributed by atoms with E-state index in [9.17, 15) is 4.79 Å². The predicted octanol–water partition coefficient (Wildman–Crippen LogP) is 2.36. The van der Waals surface area contributed by atoms with Gasteiger partial charge in [-0.2, -0.15) is 0 Å². The van der Waals surface area contributed by atoms with Crippen LogP contribution in [0.2, 0.25) is 5.02 Å². The van der Waals surface area contributed by atoms with Crippen molar-refractivity contribution in [2.75, 3.05) is 12.8 Å². The van der Waals surface area contributed by atoms with Crippen LogP contribution < -0.4 is 5.73 Å². The summed E-state index contributed by atoms with van der Waals surface area (Å²) in [5.41, 5.74) is 6.78. The molecule has 1 aromatic carbocycles. The maximum Gasteiger partial charge on any atom is 0.361 e. The lowest BCUT2D eigenvalue weighted by Gasteiger charge is -2.01.